The highest BCUT2D eigenvalue weighted by Crippen LogP contribution is 2.37. The number of benzodiazepines with no additional fused rings is 1. The molecular weight excluding hydrogens is 575 g/mol. The fourth-order valence-corrected chi connectivity index (χ4v) is 6.93. The van der Waals surface area contributed by atoms with Gasteiger partial charge in [-0.15, -0.1) is 0 Å². The lowest BCUT2D eigenvalue weighted by Crippen LogP contribution is -2.43. The van der Waals surface area contributed by atoms with Crippen LogP contribution in [0.1, 0.15) is 66.2 Å². The van der Waals surface area contributed by atoms with Crippen LogP contribution >= 0.6 is 0 Å². The molecule has 43 heavy (non-hydrogen) atoms. The van der Waals surface area contributed by atoms with Gasteiger partial charge >= 0.3 is 0 Å². The average molecular weight is 609 g/mol. The van der Waals surface area contributed by atoms with Gasteiger partial charge in [0, 0.05) is 43.1 Å². The molecule has 226 valence electrons. The predicted octanol–water partition coefficient (Wildman–Crippen LogP) is 3.27. The second kappa shape index (κ2) is 11.5. The number of hydrogen-bond acceptors (Lipinski definition) is 7. The topological polar surface area (TPSA) is 135 Å². The molecule has 0 bridgehead atoms. The monoisotopic (exact) mass is 608 g/mol. The minimum absolute atomic E-state index is 0.0126. The van der Waals surface area contributed by atoms with Gasteiger partial charge in [-0.05, 0) is 32.8 Å². The van der Waals surface area contributed by atoms with Gasteiger partial charge in [-0.1, -0.05) is 42.5 Å². The first-order valence-electron chi connectivity index (χ1n) is 14.4. The van der Waals surface area contributed by atoms with Crippen molar-refractivity contribution in [3.05, 3.63) is 76.7 Å². The molecule has 1 aromatic heterocycles. The molecule has 2 atom stereocenters. The number of rotatable bonds is 6. The number of hydrogen-bond donors (Lipinski definition) is 2. The van der Waals surface area contributed by atoms with Crippen LogP contribution in [0, 0.1) is 5.82 Å². The highest BCUT2D eigenvalue weighted by Gasteiger charge is 2.37. The molecule has 0 unspecified atom stereocenters. The van der Waals surface area contributed by atoms with E-state index in [4.69, 9.17) is 9.84 Å². The summed E-state index contributed by atoms with van der Waals surface area (Å²) in [7, 11) is -3.33. The zero-order chi connectivity index (χ0) is 30.3. The number of benzene rings is 2. The van der Waals surface area contributed by atoms with Crippen molar-refractivity contribution in [2.45, 2.75) is 57.8 Å². The summed E-state index contributed by atoms with van der Waals surface area (Å²) in [5, 5.41) is 10.1. The molecule has 1 fully saturated rings. The predicted molar refractivity (Wildman–Crippen MR) is 158 cm³/mol. The quantitative estimate of drug-likeness (QED) is 0.441. The number of nitrogens with zero attached hydrogens (tertiary/aromatic N) is 4. The van der Waals surface area contributed by atoms with Crippen molar-refractivity contribution in [2.24, 2.45) is 4.99 Å². The number of fused-ring (bicyclic) bond motifs is 2. The molecule has 2 aromatic carbocycles. The van der Waals surface area contributed by atoms with Crippen molar-refractivity contribution < 1.29 is 27.1 Å². The highest BCUT2D eigenvalue weighted by atomic mass is 32.2. The Bertz CT molecular complexity index is 1700. The molecule has 0 saturated carbocycles. The lowest BCUT2D eigenvalue weighted by Gasteiger charge is -2.30. The Hall–Kier alpha value is -4.10. The van der Waals surface area contributed by atoms with E-state index in [9.17, 15) is 22.4 Å². The van der Waals surface area contributed by atoms with Crippen molar-refractivity contribution in [1.82, 2.24) is 19.4 Å². The minimum atomic E-state index is -3.33. The number of sulfonamides is 1. The van der Waals surface area contributed by atoms with E-state index in [0.29, 0.717) is 67.3 Å². The van der Waals surface area contributed by atoms with Crippen molar-refractivity contribution in [3.8, 4) is 5.88 Å². The summed E-state index contributed by atoms with van der Waals surface area (Å²) in [5.41, 5.74) is 2.10. The number of ether oxygens (including phenoxy) is 1. The van der Waals surface area contributed by atoms with Gasteiger partial charge in [-0.3, -0.25) is 9.59 Å². The van der Waals surface area contributed by atoms with Gasteiger partial charge in [-0.25, -0.2) is 26.8 Å². The molecule has 2 amide bonds. The van der Waals surface area contributed by atoms with Crippen LogP contribution in [0.4, 0.5) is 10.1 Å². The summed E-state index contributed by atoms with van der Waals surface area (Å²) < 4.78 is 49.0. The number of piperidine rings is 1. The number of amides is 2. The molecule has 3 aliphatic heterocycles. The third-order valence-electron chi connectivity index (χ3n) is 8.16. The van der Waals surface area contributed by atoms with Gasteiger partial charge in [-0.2, -0.15) is 5.10 Å². The van der Waals surface area contributed by atoms with Gasteiger partial charge in [0.15, 0.2) is 0 Å². The van der Waals surface area contributed by atoms with Gasteiger partial charge in [0.25, 0.3) is 11.8 Å². The van der Waals surface area contributed by atoms with E-state index in [0.717, 1.165) is 0 Å². The number of aliphatic imine (C=N–C) groups is 1. The van der Waals surface area contributed by atoms with Crippen LogP contribution in [0.3, 0.4) is 0 Å². The normalized spacial score (nSPS) is 21.1. The molecule has 3 aromatic rings. The lowest BCUT2D eigenvalue weighted by atomic mass is 9.92. The smallest absolute Gasteiger partial charge is 0.269 e. The Morgan fingerprint density at radius 2 is 1.84 bits per heavy atom. The van der Waals surface area contributed by atoms with Crippen molar-refractivity contribution in [1.29, 1.82) is 0 Å². The average Bonchev–Trinajstić information content (AvgIpc) is 3.32. The molecule has 0 aliphatic carbocycles. The summed E-state index contributed by atoms with van der Waals surface area (Å²) >= 11 is 0. The van der Waals surface area contributed by atoms with E-state index in [1.807, 2.05) is 25.1 Å². The Balaban J connectivity index is 1.35. The van der Waals surface area contributed by atoms with Crippen molar-refractivity contribution >= 4 is 33.2 Å². The molecule has 13 heteroatoms. The summed E-state index contributed by atoms with van der Waals surface area (Å²) in [4.78, 5) is 32.1. The maximum Gasteiger partial charge on any atom is 0.269 e. The minimum Gasteiger partial charge on any atom is -0.474 e. The molecule has 11 nitrogen and oxygen atoms in total. The van der Waals surface area contributed by atoms with Gasteiger partial charge in [0.2, 0.25) is 22.1 Å². The first kappa shape index (κ1) is 29.0. The van der Waals surface area contributed by atoms with Crippen LogP contribution in [0.5, 0.6) is 5.88 Å². The molecule has 0 spiro atoms. The summed E-state index contributed by atoms with van der Waals surface area (Å²) in [5.74, 6) is -1.76. The lowest BCUT2D eigenvalue weighted by molar-refractivity contribution is -0.117. The second-order valence-electron chi connectivity index (χ2n) is 11.0. The number of nitrogens with one attached hydrogen (secondary N) is 2. The highest BCUT2D eigenvalue weighted by molar-refractivity contribution is 7.89. The van der Waals surface area contributed by atoms with E-state index in [1.165, 1.54) is 10.4 Å². The van der Waals surface area contributed by atoms with E-state index < -0.39 is 33.8 Å². The first-order chi connectivity index (χ1) is 20.7. The number of aryl methyl sites for hydroxylation is 1. The molecule has 3 aliphatic rings. The molecule has 4 heterocycles. The number of carbonyl (C=O) groups excluding carboxylic acids is 2. The first-order valence-corrected chi connectivity index (χ1v) is 16.1. The van der Waals surface area contributed by atoms with Crippen LogP contribution in [-0.4, -0.2) is 71.1 Å². The molecule has 0 radical (unpaired) electrons. The molecule has 1 saturated heterocycles. The van der Waals surface area contributed by atoms with Crippen molar-refractivity contribution in [3.63, 3.8) is 0 Å². The van der Waals surface area contributed by atoms with Crippen LogP contribution in [0.25, 0.3) is 0 Å². The van der Waals surface area contributed by atoms with Gasteiger partial charge in [0.1, 0.15) is 11.4 Å². The Morgan fingerprint density at radius 1 is 1.09 bits per heavy atom. The maximum atomic E-state index is 14.9. The van der Waals surface area contributed by atoms with Gasteiger partial charge < -0.3 is 15.4 Å². The molecular formula is C30H33FN6O5S. The number of halogens is 1. The van der Waals surface area contributed by atoms with E-state index in [-0.39, 0.29) is 29.0 Å². The van der Waals surface area contributed by atoms with E-state index >= 15 is 0 Å². The fraction of sp³-hybridized carbons (Fsp3) is 0.400. The number of aromatic nitrogens is 2. The number of anilines is 1. The number of para-hydroxylation sites is 1. The standard InChI is InChI=1S/C30H33FN6O5S/c1-3-43(40,41)36-15-13-20(14-16-36)25-23(30-37(35-25)17-12-18(2)42-30)28(38)34-27-29(39)33-26-21(10-7-11-22(26)31)24(32-27)19-8-5-4-6-9-19/h4-11,18,20,27H,3,12-17H2,1-2H3,(H,33,39)(H,34,38)/t18-,27-/m1/s1. The SMILES string of the molecule is CCS(=O)(=O)N1CCC(c2nn3c(c2C(=O)N[C@H]2N=C(c4ccccc4)c4cccc(F)c4NC2=O)O[C@H](C)CC3)CC1. The summed E-state index contributed by atoms with van der Waals surface area (Å²) in [6, 6.07) is 13.5. The largest absolute Gasteiger partial charge is 0.474 e. The third kappa shape index (κ3) is 5.54. The second-order valence-corrected chi connectivity index (χ2v) is 13.2. The van der Waals surface area contributed by atoms with Crippen LogP contribution in [0.15, 0.2) is 53.5 Å². The van der Waals surface area contributed by atoms with E-state index in [1.54, 1.807) is 35.9 Å². The summed E-state index contributed by atoms with van der Waals surface area (Å²) in [6.45, 7) is 4.72. The zero-order valence-electron chi connectivity index (χ0n) is 23.9. The molecule has 6 rings (SSSR count). The van der Waals surface area contributed by atoms with Crippen LogP contribution in [0.2, 0.25) is 0 Å². The van der Waals surface area contributed by atoms with Crippen LogP contribution < -0.4 is 15.4 Å². The Kier molecular flexibility index (Phi) is 7.77. The van der Waals surface area contributed by atoms with Gasteiger partial charge in [0.05, 0.1) is 28.9 Å². The Morgan fingerprint density at radius 3 is 2.56 bits per heavy atom. The van der Waals surface area contributed by atoms with Crippen molar-refractivity contribution in [2.75, 3.05) is 24.2 Å². The maximum absolute atomic E-state index is 14.9. The number of carbonyl (C=O) groups is 2. The molecule has 2 N–H and O–H groups in total. The summed E-state index contributed by atoms with van der Waals surface area (Å²) in [6.07, 6.45) is 0.153. The third-order valence-corrected chi connectivity index (χ3v) is 10.0. The van der Waals surface area contributed by atoms with E-state index in [2.05, 4.69) is 15.6 Å². The Labute approximate surface area is 249 Å². The fourth-order valence-electron chi connectivity index (χ4n) is 5.80. The zero-order valence-corrected chi connectivity index (χ0v) is 24.7. The van der Waals surface area contributed by atoms with Crippen LogP contribution in [-0.2, 0) is 21.4 Å².